The first-order chi connectivity index (χ1) is 10.9. The smallest absolute Gasteiger partial charge is 0.251 e. The predicted octanol–water partition coefficient (Wildman–Crippen LogP) is 4.10. The zero-order valence-corrected chi connectivity index (χ0v) is 14.3. The van der Waals surface area contributed by atoms with Crippen molar-refractivity contribution in [3.63, 3.8) is 0 Å². The zero-order valence-electron chi connectivity index (χ0n) is 14.3. The lowest BCUT2D eigenvalue weighted by atomic mass is 9.86. The molecule has 1 N–H and O–H groups in total. The Kier molecular flexibility index (Phi) is 5.43. The zero-order chi connectivity index (χ0) is 16.9. The van der Waals surface area contributed by atoms with Gasteiger partial charge in [-0.3, -0.25) is 4.79 Å². The SMILES string of the molecule is Cc1cccc(C(=O)NCCOc2ccccc2C(C)(C)C)c1. The number of ether oxygens (including phenoxy) is 1. The first-order valence-electron chi connectivity index (χ1n) is 7.95. The fourth-order valence-electron chi connectivity index (χ4n) is 2.43. The van der Waals surface area contributed by atoms with Crippen molar-refractivity contribution in [2.45, 2.75) is 33.1 Å². The van der Waals surface area contributed by atoms with E-state index in [-0.39, 0.29) is 11.3 Å². The summed E-state index contributed by atoms with van der Waals surface area (Å²) in [7, 11) is 0. The highest BCUT2D eigenvalue weighted by Crippen LogP contribution is 2.30. The molecule has 3 nitrogen and oxygen atoms in total. The molecule has 0 aromatic heterocycles. The molecule has 1 amide bonds. The van der Waals surface area contributed by atoms with Crippen molar-refractivity contribution >= 4 is 5.91 Å². The Morgan fingerprint density at radius 1 is 1.09 bits per heavy atom. The number of benzene rings is 2. The van der Waals surface area contributed by atoms with Gasteiger partial charge in [0, 0.05) is 5.56 Å². The maximum absolute atomic E-state index is 12.1. The van der Waals surface area contributed by atoms with E-state index in [9.17, 15) is 4.79 Å². The van der Waals surface area contributed by atoms with Gasteiger partial charge in [0.1, 0.15) is 12.4 Å². The van der Waals surface area contributed by atoms with E-state index in [0.29, 0.717) is 18.7 Å². The predicted molar refractivity (Wildman–Crippen MR) is 94.1 cm³/mol. The van der Waals surface area contributed by atoms with Crippen molar-refractivity contribution in [1.29, 1.82) is 0 Å². The van der Waals surface area contributed by atoms with E-state index >= 15 is 0 Å². The van der Waals surface area contributed by atoms with Crippen molar-refractivity contribution in [3.05, 3.63) is 65.2 Å². The maximum atomic E-state index is 12.1. The third kappa shape index (κ3) is 4.85. The molecule has 0 aliphatic carbocycles. The second-order valence-electron chi connectivity index (χ2n) is 6.72. The van der Waals surface area contributed by atoms with Crippen molar-refractivity contribution in [2.75, 3.05) is 13.2 Å². The number of amides is 1. The summed E-state index contributed by atoms with van der Waals surface area (Å²) in [5, 5.41) is 2.89. The largest absolute Gasteiger partial charge is 0.491 e. The van der Waals surface area contributed by atoms with Crippen LogP contribution in [0.2, 0.25) is 0 Å². The first-order valence-corrected chi connectivity index (χ1v) is 7.95. The quantitative estimate of drug-likeness (QED) is 0.844. The number of hydrogen-bond acceptors (Lipinski definition) is 2. The Morgan fingerprint density at radius 3 is 2.52 bits per heavy atom. The van der Waals surface area contributed by atoms with E-state index in [1.807, 2.05) is 49.4 Å². The minimum Gasteiger partial charge on any atom is -0.491 e. The molecule has 122 valence electrons. The molecule has 0 radical (unpaired) electrons. The standard InChI is InChI=1S/C20H25NO2/c1-15-8-7-9-16(14-15)19(22)21-12-13-23-18-11-6-5-10-17(18)20(2,3)4/h5-11,14H,12-13H2,1-4H3,(H,21,22). The van der Waals surface area contributed by atoms with Gasteiger partial charge in [-0.05, 0) is 36.1 Å². The van der Waals surface area contributed by atoms with E-state index in [4.69, 9.17) is 4.74 Å². The number of carbonyl (C=O) groups is 1. The Bertz CT molecular complexity index is 671. The molecule has 2 rings (SSSR count). The van der Waals surface area contributed by atoms with Gasteiger partial charge in [0.25, 0.3) is 5.91 Å². The van der Waals surface area contributed by atoms with Crippen molar-refractivity contribution in [3.8, 4) is 5.75 Å². The summed E-state index contributed by atoms with van der Waals surface area (Å²) in [6.07, 6.45) is 0. The van der Waals surface area contributed by atoms with Gasteiger partial charge in [-0.25, -0.2) is 0 Å². The average Bonchev–Trinajstić information content (AvgIpc) is 2.51. The van der Waals surface area contributed by atoms with Gasteiger partial charge in [0.2, 0.25) is 0 Å². The van der Waals surface area contributed by atoms with Crippen LogP contribution in [0.15, 0.2) is 48.5 Å². The fourth-order valence-corrected chi connectivity index (χ4v) is 2.43. The number of aryl methyl sites for hydroxylation is 1. The van der Waals surface area contributed by atoms with Crippen LogP contribution in [-0.2, 0) is 5.41 Å². The van der Waals surface area contributed by atoms with Gasteiger partial charge in [-0.1, -0.05) is 56.7 Å². The van der Waals surface area contributed by atoms with Crippen molar-refractivity contribution in [1.82, 2.24) is 5.32 Å². The molecule has 0 bridgehead atoms. The molecule has 0 saturated carbocycles. The first kappa shape index (κ1) is 17.1. The van der Waals surface area contributed by atoms with E-state index < -0.39 is 0 Å². The van der Waals surface area contributed by atoms with Gasteiger partial charge in [-0.15, -0.1) is 0 Å². The molecule has 0 fully saturated rings. The molecule has 0 saturated heterocycles. The van der Waals surface area contributed by atoms with Crippen LogP contribution < -0.4 is 10.1 Å². The van der Waals surface area contributed by atoms with Crippen molar-refractivity contribution < 1.29 is 9.53 Å². The van der Waals surface area contributed by atoms with Crippen LogP contribution in [0.5, 0.6) is 5.75 Å². The molecular weight excluding hydrogens is 286 g/mol. The summed E-state index contributed by atoms with van der Waals surface area (Å²) < 4.78 is 5.86. The van der Waals surface area contributed by atoms with E-state index in [2.05, 4.69) is 32.2 Å². The molecule has 0 aliphatic heterocycles. The van der Waals surface area contributed by atoms with Crippen LogP contribution in [-0.4, -0.2) is 19.1 Å². The summed E-state index contributed by atoms with van der Waals surface area (Å²) in [6.45, 7) is 9.39. The Hall–Kier alpha value is -2.29. The summed E-state index contributed by atoms with van der Waals surface area (Å²) in [6, 6.07) is 15.6. The monoisotopic (exact) mass is 311 g/mol. The number of nitrogens with one attached hydrogen (secondary N) is 1. The minimum absolute atomic E-state index is 0.0292. The van der Waals surface area contributed by atoms with E-state index in [1.54, 1.807) is 0 Å². The minimum atomic E-state index is -0.0681. The molecule has 0 heterocycles. The highest BCUT2D eigenvalue weighted by Gasteiger charge is 2.18. The number of hydrogen-bond donors (Lipinski definition) is 1. The van der Waals surface area contributed by atoms with Gasteiger partial charge in [0.05, 0.1) is 6.54 Å². The van der Waals surface area contributed by atoms with Gasteiger partial charge in [0.15, 0.2) is 0 Å². The van der Waals surface area contributed by atoms with Crippen LogP contribution in [0.4, 0.5) is 0 Å². The Morgan fingerprint density at radius 2 is 1.83 bits per heavy atom. The summed E-state index contributed by atoms with van der Waals surface area (Å²) >= 11 is 0. The van der Waals surface area contributed by atoms with E-state index in [0.717, 1.165) is 11.3 Å². The Labute approximate surface area is 138 Å². The topological polar surface area (TPSA) is 38.3 Å². The molecule has 0 spiro atoms. The van der Waals surface area contributed by atoms with Crippen LogP contribution >= 0.6 is 0 Å². The van der Waals surface area contributed by atoms with Crippen LogP contribution in [0, 0.1) is 6.92 Å². The van der Waals surface area contributed by atoms with Gasteiger partial charge in [-0.2, -0.15) is 0 Å². The van der Waals surface area contributed by atoms with Crippen LogP contribution in [0.25, 0.3) is 0 Å². The van der Waals surface area contributed by atoms with Gasteiger partial charge >= 0.3 is 0 Å². The second kappa shape index (κ2) is 7.32. The normalized spacial score (nSPS) is 11.1. The molecule has 3 heteroatoms. The summed E-state index contributed by atoms with van der Waals surface area (Å²) in [5.41, 5.74) is 2.96. The lowest BCUT2D eigenvalue weighted by Crippen LogP contribution is -2.28. The summed E-state index contributed by atoms with van der Waals surface area (Å²) in [4.78, 5) is 12.1. The van der Waals surface area contributed by atoms with Crippen LogP contribution in [0.1, 0.15) is 42.3 Å². The lowest BCUT2D eigenvalue weighted by Gasteiger charge is -2.22. The Balaban J connectivity index is 1.88. The molecule has 0 aliphatic rings. The third-order valence-electron chi connectivity index (χ3n) is 3.62. The van der Waals surface area contributed by atoms with Crippen molar-refractivity contribution in [2.24, 2.45) is 0 Å². The van der Waals surface area contributed by atoms with E-state index in [1.165, 1.54) is 5.56 Å². The number of carbonyl (C=O) groups excluding carboxylic acids is 1. The highest BCUT2D eigenvalue weighted by atomic mass is 16.5. The van der Waals surface area contributed by atoms with Crippen LogP contribution in [0.3, 0.4) is 0 Å². The van der Waals surface area contributed by atoms with Gasteiger partial charge < -0.3 is 10.1 Å². The molecular formula is C20H25NO2. The third-order valence-corrected chi connectivity index (χ3v) is 3.62. The summed E-state index contributed by atoms with van der Waals surface area (Å²) in [5.74, 6) is 0.811. The lowest BCUT2D eigenvalue weighted by molar-refractivity contribution is 0.0946. The number of rotatable bonds is 5. The molecule has 0 atom stereocenters. The maximum Gasteiger partial charge on any atom is 0.251 e. The highest BCUT2D eigenvalue weighted by molar-refractivity contribution is 5.94. The number of para-hydroxylation sites is 1. The molecule has 2 aromatic rings. The molecule has 0 unspecified atom stereocenters. The average molecular weight is 311 g/mol. The molecule has 2 aromatic carbocycles. The fraction of sp³-hybridized carbons (Fsp3) is 0.350. The second-order valence-corrected chi connectivity index (χ2v) is 6.72. The molecule has 23 heavy (non-hydrogen) atoms.